The maximum atomic E-state index is 12.6. The van der Waals surface area contributed by atoms with Crippen LogP contribution >= 0.6 is 0 Å². The van der Waals surface area contributed by atoms with Crippen LogP contribution in [0, 0.1) is 5.41 Å². The molecule has 22 heavy (non-hydrogen) atoms. The van der Waals surface area contributed by atoms with Gasteiger partial charge < -0.3 is 14.5 Å². The Hall–Kier alpha value is -1.10. The van der Waals surface area contributed by atoms with E-state index in [2.05, 4.69) is 0 Å². The standard InChI is InChI=1S/C17H28N2O3/c1-22-14-6-4-8-17(14)9-5-11-19(13-17)16(21)12-18-10-3-2-7-15(18)20/h14H,2-13H2,1H3/t14-,17+/m1/s1. The molecule has 3 aliphatic rings. The average Bonchev–Trinajstić information content (AvgIpc) is 2.91. The lowest BCUT2D eigenvalue weighted by Crippen LogP contribution is -2.52. The molecule has 1 aliphatic carbocycles. The van der Waals surface area contributed by atoms with Gasteiger partial charge in [-0.1, -0.05) is 6.42 Å². The van der Waals surface area contributed by atoms with Crippen LogP contribution in [0.4, 0.5) is 0 Å². The van der Waals surface area contributed by atoms with E-state index in [1.807, 2.05) is 4.90 Å². The molecule has 1 saturated carbocycles. The number of carbonyl (C=O) groups is 2. The molecular weight excluding hydrogens is 280 g/mol. The van der Waals surface area contributed by atoms with Gasteiger partial charge in [0.1, 0.15) is 0 Å². The van der Waals surface area contributed by atoms with E-state index in [0.29, 0.717) is 12.5 Å². The second kappa shape index (κ2) is 6.57. The number of ether oxygens (including phenoxy) is 1. The Balaban J connectivity index is 1.61. The summed E-state index contributed by atoms with van der Waals surface area (Å²) in [5.41, 5.74) is 0.161. The van der Waals surface area contributed by atoms with Crippen molar-refractivity contribution in [3.05, 3.63) is 0 Å². The van der Waals surface area contributed by atoms with Crippen LogP contribution in [0.25, 0.3) is 0 Å². The summed E-state index contributed by atoms with van der Waals surface area (Å²) in [6.45, 7) is 2.65. The second-order valence-electron chi connectivity index (χ2n) is 7.17. The lowest BCUT2D eigenvalue weighted by atomic mass is 9.76. The topological polar surface area (TPSA) is 49.9 Å². The van der Waals surface area contributed by atoms with Gasteiger partial charge in [0, 0.05) is 38.6 Å². The fourth-order valence-corrected chi connectivity index (χ4v) is 4.61. The molecule has 124 valence electrons. The van der Waals surface area contributed by atoms with Crippen LogP contribution in [-0.2, 0) is 14.3 Å². The third-order valence-electron chi connectivity index (χ3n) is 5.82. The lowest BCUT2D eigenvalue weighted by Gasteiger charge is -2.44. The zero-order valence-corrected chi connectivity index (χ0v) is 13.7. The zero-order valence-electron chi connectivity index (χ0n) is 13.7. The van der Waals surface area contributed by atoms with E-state index < -0.39 is 0 Å². The van der Waals surface area contributed by atoms with E-state index in [9.17, 15) is 9.59 Å². The first-order valence-corrected chi connectivity index (χ1v) is 8.73. The summed E-state index contributed by atoms with van der Waals surface area (Å²) in [7, 11) is 1.80. The summed E-state index contributed by atoms with van der Waals surface area (Å²) in [5, 5.41) is 0. The Labute approximate surface area is 133 Å². The quantitative estimate of drug-likeness (QED) is 0.799. The van der Waals surface area contributed by atoms with Crippen molar-refractivity contribution in [1.29, 1.82) is 0 Å². The molecule has 3 rings (SSSR count). The molecule has 5 nitrogen and oxygen atoms in total. The summed E-state index contributed by atoms with van der Waals surface area (Å²) in [6.07, 6.45) is 8.58. The number of hydrogen-bond acceptors (Lipinski definition) is 3. The minimum Gasteiger partial charge on any atom is -0.381 e. The summed E-state index contributed by atoms with van der Waals surface area (Å²) in [4.78, 5) is 28.3. The van der Waals surface area contributed by atoms with E-state index in [4.69, 9.17) is 4.74 Å². The number of amides is 2. The van der Waals surface area contributed by atoms with E-state index in [0.717, 1.165) is 58.2 Å². The molecule has 2 atom stereocenters. The maximum Gasteiger partial charge on any atom is 0.242 e. The number of likely N-dealkylation sites (tertiary alicyclic amines) is 2. The molecule has 2 heterocycles. The molecular formula is C17H28N2O3. The summed E-state index contributed by atoms with van der Waals surface area (Å²) < 4.78 is 5.70. The van der Waals surface area contributed by atoms with Gasteiger partial charge in [0.25, 0.3) is 0 Å². The van der Waals surface area contributed by atoms with Crippen molar-refractivity contribution in [1.82, 2.24) is 9.80 Å². The molecule has 3 fully saturated rings. The highest BCUT2D eigenvalue weighted by molar-refractivity contribution is 5.85. The van der Waals surface area contributed by atoms with Crippen molar-refractivity contribution < 1.29 is 14.3 Å². The first-order valence-electron chi connectivity index (χ1n) is 8.73. The third-order valence-corrected chi connectivity index (χ3v) is 5.82. The lowest BCUT2D eigenvalue weighted by molar-refractivity contribution is -0.145. The van der Waals surface area contributed by atoms with Crippen molar-refractivity contribution in [2.45, 2.75) is 57.5 Å². The molecule has 2 saturated heterocycles. The largest absolute Gasteiger partial charge is 0.381 e. The molecule has 0 unspecified atom stereocenters. The molecule has 0 N–H and O–H groups in total. The Morgan fingerprint density at radius 3 is 2.82 bits per heavy atom. The molecule has 2 amide bonds. The van der Waals surface area contributed by atoms with Crippen LogP contribution < -0.4 is 0 Å². The van der Waals surface area contributed by atoms with Crippen molar-refractivity contribution in [3.63, 3.8) is 0 Å². The van der Waals surface area contributed by atoms with Crippen LogP contribution in [0.1, 0.15) is 51.4 Å². The van der Waals surface area contributed by atoms with Crippen molar-refractivity contribution in [2.24, 2.45) is 5.41 Å². The number of carbonyl (C=O) groups excluding carboxylic acids is 2. The van der Waals surface area contributed by atoms with Gasteiger partial charge in [0.2, 0.25) is 11.8 Å². The molecule has 0 aromatic carbocycles. The van der Waals surface area contributed by atoms with Crippen molar-refractivity contribution in [2.75, 3.05) is 33.3 Å². The number of rotatable bonds is 3. The number of piperidine rings is 2. The van der Waals surface area contributed by atoms with Gasteiger partial charge >= 0.3 is 0 Å². The normalized spacial score (nSPS) is 32.8. The molecule has 1 spiro atoms. The zero-order chi connectivity index (χ0) is 15.6. The Morgan fingerprint density at radius 1 is 1.23 bits per heavy atom. The van der Waals surface area contributed by atoms with Gasteiger partial charge in [-0.15, -0.1) is 0 Å². The maximum absolute atomic E-state index is 12.6. The molecule has 2 aliphatic heterocycles. The number of methoxy groups -OCH3 is 1. The summed E-state index contributed by atoms with van der Waals surface area (Å²) in [5.74, 6) is 0.262. The van der Waals surface area contributed by atoms with Gasteiger partial charge in [-0.05, 0) is 38.5 Å². The van der Waals surface area contributed by atoms with Crippen LogP contribution in [0.2, 0.25) is 0 Å². The predicted molar refractivity (Wildman–Crippen MR) is 83.3 cm³/mol. The smallest absolute Gasteiger partial charge is 0.242 e. The fraction of sp³-hybridized carbons (Fsp3) is 0.882. The van der Waals surface area contributed by atoms with E-state index >= 15 is 0 Å². The number of nitrogens with zero attached hydrogens (tertiary/aromatic N) is 2. The predicted octanol–water partition coefficient (Wildman–Crippen LogP) is 1.81. The van der Waals surface area contributed by atoms with Crippen molar-refractivity contribution >= 4 is 11.8 Å². The highest BCUT2D eigenvalue weighted by Crippen LogP contribution is 2.46. The first kappa shape index (κ1) is 15.8. The SMILES string of the molecule is CO[C@@H]1CCC[C@@]12CCCN(C(=O)CN1CCCCC1=O)C2. The highest BCUT2D eigenvalue weighted by Gasteiger charge is 2.46. The van der Waals surface area contributed by atoms with E-state index in [1.165, 1.54) is 6.42 Å². The highest BCUT2D eigenvalue weighted by atomic mass is 16.5. The van der Waals surface area contributed by atoms with E-state index in [1.54, 1.807) is 12.0 Å². The molecule has 0 radical (unpaired) electrons. The Kier molecular flexibility index (Phi) is 4.71. The van der Waals surface area contributed by atoms with Crippen LogP contribution in [0.3, 0.4) is 0 Å². The number of hydrogen-bond donors (Lipinski definition) is 0. The summed E-state index contributed by atoms with van der Waals surface area (Å²) in [6, 6.07) is 0. The van der Waals surface area contributed by atoms with Crippen LogP contribution in [0.15, 0.2) is 0 Å². The Morgan fingerprint density at radius 2 is 2.05 bits per heavy atom. The van der Waals surface area contributed by atoms with Gasteiger partial charge in [-0.25, -0.2) is 0 Å². The van der Waals surface area contributed by atoms with Crippen molar-refractivity contribution in [3.8, 4) is 0 Å². The van der Waals surface area contributed by atoms with Gasteiger partial charge in [-0.3, -0.25) is 9.59 Å². The average molecular weight is 308 g/mol. The second-order valence-corrected chi connectivity index (χ2v) is 7.17. The molecule has 0 aromatic heterocycles. The summed E-state index contributed by atoms with van der Waals surface area (Å²) >= 11 is 0. The Bertz CT molecular complexity index is 440. The first-order chi connectivity index (χ1) is 10.6. The van der Waals surface area contributed by atoms with Gasteiger partial charge in [0.15, 0.2) is 0 Å². The van der Waals surface area contributed by atoms with Crippen LogP contribution in [0.5, 0.6) is 0 Å². The molecule has 5 heteroatoms. The monoisotopic (exact) mass is 308 g/mol. The molecule has 0 bridgehead atoms. The van der Waals surface area contributed by atoms with E-state index in [-0.39, 0.29) is 23.8 Å². The third kappa shape index (κ3) is 3.00. The van der Waals surface area contributed by atoms with Gasteiger partial charge in [-0.2, -0.15) is 0 Å². The van der Waals surface area contributed by atoms with Gasteiger partial charge in [0.05, 0.1) is 12.6 Å². The molecule has 0 aromatic rings. The minimum atomic E-state index is 0.121. The van der Waals surface area contributed by atoms with Crippen LogP contribution in [-0.4, -0.2) is 61.0 Å². The fourth-order valence-electron chi connectivity index (χ4n) is 4.61. The minimum absolute atomic E-state index is 0.121.